The first-order chi connectivity index (χ1) is 7.65. The predicted molar refractivity (Wildman–Crippen MR) is 54.8 cm³/mol. The Morgan fingerprint density at radius 3 is 2.81 bits per heavy atom. The van der Waals surface area contributed by atoms with Crippen LogP contribution in [0, 0.1) is 0 Å². The van der Waals surface area contributed by atoms with Crippen LogP contribution < -0.4 is 0 Å². The Balaban J connectivity index is 2.56. The van der Waals surface area contributed by atoms with Gasteiger partial charge in [-0.2, -0.15) is 0 Å². The Hall–Kier alpha value is -1.85. The van der Waals surface area contributed by atoms with Crippen LogP contribution in [-0.2, 0) is 20.8 Å². The minimum atomic E-state index is -0.477. The molecule has 0 radical (unpaired) electrons. The van der Waals surface area contributed by atoms with Gasteiger partial charge in [-0.1, -0.05) is 0 Å². The molecule has 0 unspecified atom stereocenters. The van der Waals surface area contributed by atoms with Gasteiger partial charge in [-0.15, -0.1) is 0 Å². The third-order valence-corrected chi connectivity index (χ3v) is 1.81. The zero-order chi connectivity index (χ0) is 12.0. The molecule has 0 atom stereocenters. The molecule has 0 amide bonds. The molecule has 0 aliphatic carbocycles. The van der Waals surface area contributed by atoms with Crippen LogP contribution in [0.4, 0.5) is 0 Å². The standard InChI is InChI=1S/C10H14N2O4/c1-3-15-10(14)9-11-4-5-12(9)6-7-16-8(2)13/h4-5H,3,6-7H2,1-2H3. The second-order valence-electron chi connectivity index (χ2n) is 3.00. The Labute approximate surface area is 93.2 Å². The number of ether oxygens (including phenoxy) is 2. The highest BCUT2D eigenvalue weighted by molar-refractivity contribution is 5.85. The molecule has 0 spiro atoms. The molecule has 6 nitrogen and oxygen atoms in total. The summed E-state index contributed by atoms with van der Waals surface area (Å²) in [6.07, 6.45) is 3.13. The zero-order valence-corrected chi connectivity index (χ0v) is 9.30. The molecule has 0 fully saturated rings. The van der Waals surface area contributed by atoms with E-state index in [1.807, 2.05) is 0 Å². The number of esters is 2. The number of carbonyl (C=O) groups excluding carboxylic acids is 2. The van der Waals surface area contributed by atoms with Crippen LogP contribution in [0.2, 0.25) is 0 Å². The first-order valence-electron chi connectivity index (χ1n) is 4.96. The van der Waals surface area contributed by atoms with E-state index in [1.165, 1.54) is 13.1 Å². The van der Waals surface area contributed by atoms with Gasteiger partial charge in [0.1, 0.15) is 6.61 Å². The normalized spacial score (nSPS) is 9.88. The molecule has 16 heavy (non-hydrogen) atoms. The molecule has 0 saturated heterocycles. The van der Waals surface area contributed by atoms with Crippen molar-refractivity contribution in [3.05, 3.63) is 18.2 Å². The third kappa shape index (κ3) is 3.38. The summed E-state index contributed by atoms with van der Waals surface area (Å²) in [5.74, 6) is -0.609. The topological polar surface area (TPSA) is 70.4 Å². The van der Waals surface area contributed by atoms with E-state index in [2.05, 4.69) is 4.98 Å². The third-order valence-electron chi connectivity index (χ3n) is 1.81. The van der Waals surface area contributed by atoms with Crippen molar-refractivity contribution in [1.82, 2.24) is 9.55 Å². The van der Waals surface area contributed by atoms with Gasteiger partial charge in [0.15, 0.2) is 0 Å². The van der Waals surface area contributed by atoms with Crippen molar-refractivity contribution in [3.8, 4) is 0 Å². The molecule has 0 aromatic carbocycles. The first-order valence-corrected chi connectivity index (χ1v) is 4.96. The second-order valence-corrected chi connectivity index (χ2v) is 3.00. The molecule has 0 bridgehead atoms. The fourth-order valence-electron chi connectivity index (χ4n) is 1.16. The van der Waals surface area contributed by atoms with Gasteiger partial charge >= 0.3 is 11.9 Å². The smallest absolute Gasteiger partial charge is 0.374 e. The summed E-state index contributed by atoms with van der Waals surface area (Å²) >= 11 is 0. The Kier molecular flexibility index (Phi) is 4.50. The van der Waals surface area contributed by atoms with Gasteiger partial charge in [-0.05, 0) is 6.92 Å². The summed E-state index contributed by atoms with van der Waals surface area (Å²) in [6, 6.07) is 0. The molecule has 1 aromatic rings. The molecule has 0 N–H and O–H groups in total. The number of aromatic nitrogens is 2. The van der Waals surface area contributed by atoms with Crippen LogP contribution in [0.25, 0.3) is 0 Å². The fraction of sp³-hybridized carbons (Fsp3) is 0.500. The molecule has 6 heteroatoms. The van der Waals surface area contributed by atoms with E-state index in [0.717, 1.165) is 0 Å². The van der Waals surface area contributed by atoms with E-state index in [0.29, 0.717) is 13.2 Å². The number of imidazole rings is 1. The predicted octanol–water partition coefficient (Wildman–Crippen LogP) is 0.623. The van der Waals surface area contributed by atoms with E-state index in [9.17, 15) is 9.59 Å². The number of hydrogen-bond donors (Lipinski definition) is 0. The highest BCUT2D eigenvalue weighted by Gasteiger charge is 2.13. The number of nitrogens with zero attached hydrogens (tertiary/aromatic N) is 2. The summed E-state index contributed by atoms with van der Waals surface area (Å²) in [5, 5.41) is 0. The van der Waals surface area contributed by atoms with Crippen molar-refractivity contribution in [3.63, 3.8) is 0 Å². The Morgan fingerprint density at radius 2 is 2.19 bits per heavy atom. The van der Waals surface area contributed by atoms with E-state index in [-0.39, 0.29) is 18.4 Å². The zero-order valence-electron chi connectivity index (χ0n) is 9.30. The molecular weight excluding hydrogens is 212 g/mol. The van der Waals surface area contributed by atoms with Crippen LogP contribution in [-0.4, -0.2) is 34.7 Å². The minimum Gasteiger partial charge on any atom is -0.464 e. The Morgan fingerprint density at radius 1 is 1.44 bits per heavy atom. The molecule has 88 valence electrons. The van der Waals surface area contributed by atoms with Gasteiger partial charge in [0.2, 0.25) is 5.82 Å². The number of hydrogen-bond acceptors (Lipinski definition) is 5. The first kappa shape index (κ1) is 12.2. The van der Waals surface area contributed by atoms with Gasteiger partial charge in [0.05, 0.1) is 13.2 Å². The fourth-order valence-corrected chi connectivity index (χ4v) is 1.16. The van der Waals surface area contributed by atoms with E-state index >= 15 is 0 Å². The van der Waals surface area contributed by atoms with Gasteiger partial charge < -0.3 is 14.0 Å². The van der Waals surface area contributed by atoms with Crippen LogP contribution >= 0.6 is 0 Å². The van der Waals surface area contributed by atoms with Crippen molar-refractivity contribution < 1.29 is 19.1 Å². The van der Waals surface area contributed by atoms with Crippen molar-refractivity contribution >= 4 is 11.9 Å². The monoisotopic (exact) mass is 226 g/mol. The van der Waals surface area contributed by atoms with E-state index in [4.69, 9.17) is 9.47 Å². The quantitative estimate of drug-likeness (QED) is 0.688. The van der Waals surface area contributed by atoms with Crippen LogP contribution in [0.15, 0.2) is 12.4 Å². The molecule has 0 aliphatic rings. The molecule has 0 saturated carbocycles. The highest BCUT2D eigenvalue weighted by Crippen LogP contribution is 2.00. The summed E-state index contributed by atoms with van der Waals surface area (Å²) in [5.41, 5.74) is 0. The summed E-state index contributed by atoms with van der Waals surface area (Å²) < 4.78 is 11.2. The van der Waals surface area contributed by atoms with Crippen LogP contribution in [0.3, 0.4) is 0 Å². The van der Waals surface area contributed by atoms with Crippen molar-refractivity contribution in [2.24, 2.45) is 0 Å². The van der Waals surface area contributed by atoms with Crippen molar-refractivity contribution in [2.45, 2.75) is 20.4 Å². The number of rotatable bonds is 5. The Bertz CT molecular complexity index is 373. The SMILES string of the molecule is CCOC(=O)c1nccn1CCOC(C)=O. The molecule has 0 aliphatic heterocycles. The van der Waals surface area contributed by atoms with Gasteiger partial charge in [0, 0.05) is 19.3 Å². The molecule has 1 aromatic heterocycles. The lowest BCUT2D eigenvalue weighted by Gasteiger charge is -2.06. The van der Waals surface area contributed by atoms with Crippen molar-refractivity contribution in [1.29, 1.82) is 0 Å². The lowest BCUT2D eigenvalue weighted by Crippen LogP contribution is -2.16. The van der Waals surface area contributed by atoms with E-state index in [1.54, 1.807) is 17.7 Å². The maximum absolute atomic E-state index is 11.4. The lowest BCUT2D eigenvalue weighted by atomic mass is 10.5. The lowest BCUT2D eigenvalue weighted by molar-refractivity contribution is -0.141. The highest BCUT2D eigenvalue weighted by atomic mass is 16.5. The van der Waals surface area contributed by atoms with Gasteiger partial charge in [-0.3, -0.25) is 4.79 Å². The molecule has 1 rings (SSSR count). The largest absolute Gasteiger partial charge is 0.464 e. The average molecular weight is 226 g/mol. The number of carbonyl (C=O) groups is 2. The maximum atomic E-state index is 11.4. The summed E-state index contributed by atoms with van der Waals surface area (Å²) in [6.45, 7) is 3.95. The van der Waals surface area contributed by atoms with Crippen molar-refractivity contribution in [2.75, 3.05) is 13.2 Å². The average Bonchev–Trinajstić information content (AvgIpc) is 2.66. The van der Waals surface area contributed by atoms with Gasteiger partial charge in [0.25, 0.3) is 0 Å². The molecule has 1 heterocycles. The second kappa shape index (κ2) is 5.89. The molecular formula is C10H14N2O4. The maximum Gasteiger partial charge on any atom is 0.374 e. The summed E-state index contributed by atoms with van der Waals surface area (Å²) in [7, 11) is 0. The van der Waals surface area contributed by atoms with Crippen LogP contribution in [0.1, 0.15) is 24.5 Å². The summed E-state index contributed by atoms with van der Waals surface area (Å²) in [4.78, 5) is 25.8. The van der Waals surface area contributed by atoms with Crippen LogP contribution in [0.5, 0.6) is 0 Å². The van der Waals surface area contributed by atoms with Gasteiger partial charge in [-0.25, -0.2) is 9.78 Å². The van der Waals surface area contributed by atoms with E-state index < -0.39 is 5.97 Å². The minimum absolute atomic E-state index is 0.206.